The van der Waals surface area contributed by atoms with Crippen molar-refractivity contribution in [1.29, 1.82) is 0 Å². The monoisotopic (exact) mass is 616 g/mol. The average molecular weight is 617 g/mol. The second-order valence-corrected chi connectivity index (χ2v) is 13.9. The van der Waals surface area contributed by atoms with Crippen molar-refractivity contribution in [2.75, 3.05) is 0 Å². The Labute approximate surface area is 269 Å². The van der Waals surface area contributed by atoms with Crippen LogP contribution in [0.5, 0.6) is 5.75 Å². The van der Waals surface area contributed by atoms with E-state index in [0.717, 1.165) is 59.8 Å². The van der Waals surface area contributed by atoms with E-state index in [1.165, 1.54) is 35.7 Å². The number of hydrogen-bond acceptors (Lipinski definition) is 2. The van der Waals surface area contributed by atoms with E-state index in [0.29, 0.717) is 12.2 Å². The van der Waals surface area contributed by atoms with Gasteiger partial charge in [0.25, 0.3) is 0 Å². The molecule has 0 N–H and O–H groups in total. The Morgan fingerprint density at radius 2 is 1.36 bits per heavy atom. The minimum atomic E-state index is -0.383. The summed E-state index contributed by atoms with van der Waals surface area (Å²) in [5.41, 5.74) is 7.59. The fourth-order valence-corrected chi connectivity index (χ4v) is 7.72. The minimum Gasteiger partial charge on any atom is -0.488 e. The van der Waals surface area contributed by atoms with Crippen molar-refractivity contribution in [3.8, 4) is 5.75 Å². The summed E-state index contributed by atoms with van der Waals surface area (Å²) in [6.07, 6.45) is 4.52. The zero-order chi connectivity index (χ0) is 31.6. The molecule has 0 amide bonds. The summed E-state index contributed by atoms with van der Waals surface area (Å²) in [5, 5.41) is 0.553. The van der Waals surface area contributed by atoms with E-state index in [2.05, 4.69) is 92.7 Å². The SMILES string of the molecule is CCCCC(C)(Pc1ccc(F)cc1C(C)=O)c1cc(Cc2ccccc2)cc(Cc2ccccc2)c1OCc1ccccc1. The topological polar surface area (TPSA) is 26.3 Å². The summed E-state index contributed by atoms with van der Waals surface area (Å²) in [7, 11) is 0.252. The van der Waals surface area contributed by atoms with Gasteiger partial charge in [0.2, 0.25) is 0 Å². The maximum absolute atomic E-state index is 14.3. The number of carbonyl (C=O) groups excluding carboxylic acids is 1. The zero-order valence-electron chi connectivity index (χ0n) is 26.5. The Bertz CT molecular complexity index is 1700. The smallest absolute Gasteiger partial charge is 0.160 e. The van der Waals surface area contributed by atoms with Crippen molar-refractivity contribution in [2.45, 2.75) is 64.6 Å². The molecule has 0 saturated heterocycles. The van der Waals surface area contributed by atoms with E-state index in [1.807, 2.05) is 24.3 Å². The van der Waals surface area contributed by atoms with Crippen LogP contribution >= 0.6 is 8.58 Å². The minimum absolute atomic E-state index is 0.113. The molecule has 0 bridgehead atoms. The van der Waals surface area contributed by atoms with Crippen LogP contribution in [0.2, 0.25) is 0 Å². The molecule has 0 aromatic heterocycles. The third-order valence-corrected chi connectivity index (χ3v) is 10.1. The highest BCUT2D eigenvalue weighted by Gasteiger charge is 2.33. The van der Waals surface area contributed by atoms with Crippen LogP contribution in [0, 0.1) is 5.82 Å². The first-order chi connectivity index (χ1) is 21.8. The molecular formula is C41H42FO2P. The Hall–Kier alpha value is -4.07. The number of ether oxygens (including phenoxy) is 1. The van der Waals surface area contributed by atoms with Crippen molar-refractivity contribution in [3.05, 3.63) is 166 Å². The van der Waals surface area contributed by atoms with Gasteiger partial charge < -0.3 is 4.74 Å². The van der Waals surface area contributed by atoms with E-state index < -0.39 is 0 Å². The normalized spacial score (nSPS) is 12.7. The Morgan fingerprint density at radius 1 is 0.756 bits per heavy atom. The fraction of sp³-hybridized carbons (Fsp3) is 0.244. The number of benzene rings is 5. The van der Waals surface area contributed by atoms with E-state index in [1.54, 1.807) is 6.07 Å². The number of ketones is 1. The molecule has 2 atom stereocenters. The number of Topliss-reactive ketones (excluding diaryl/α,β-unsaturated/α-hetero) is 1. The average Bonchev–Trinajstić information content (AvgIpc) is 3.05. The molecule has 0 heterocycles. The van der Waals surface area contributed by atoms with Gasteiger partial charge in [0, 0.05) is 22.7 Å². The van der Waals surface area contributed by atoms with E-state index >= 15 is 0 Å². The Balaban J connectivity index is 1.70. The van der Waals surface area contributed by atoms with Gasteiger partial charge in [0.1, 0.15) is 18.2 Å². The van der Waals surface area contributed by atoms with Crippen molar-refractivity contribution in [1.82, 2.24) is 0 Å². The lowest BCUT2D eigenvalue weighted by atomic mass is 9.87. The predicted molar refractivity (Wildman–Crippen MR) is 187 cm³/mol. The van der Waals surface area contributed by atoms with Gasteiger partial charge >= 0.3 is 0 Å². The predicted octanol–water partition coefficient (Wildman–Crippen LogP) is 10.2. The largest absolute Gasteiger partial charge is 0.488 e. The van der Waals surface area contributed by atoms with Gasteiger partial charge in [-0.3, -0.25) is 4.79 Å². The fourth-order valence-electron chi connectivity index (χ4n) is 5.95. The Kier molecular flexibility index (Phi) is 11.0. The molecule has 5 rings (SSSR count). The molecule has 230 valence electrons. The lowest BCUT2D eigenvalue weighted by molar-refractivity contribution is 0.101. The number of rotatable bonds is 14. The quantitative estimate of drug-likeness (QED) is 0.0917. The molecule has 0 aliphatic heterocycles. The van der Waals surface area contributed by atoms with Crippen molar-refractivity contribution >= 4 is 19.7 Å². The molecule has 0 spiro atoms. The molecule has 0 fully saturated rings. The summed E-state index contributed by atoms with van der Waals surface area (Å²) in [6, 6.07) is 40.7. The second-order valence-electron chi connectivity index (χ2n) is 12.0. The highest BCUT2D eigenvalue weighted by molar-refractivity contribution is 7.48. The van der Waals surface area contributed by atoms with Gasteiger partial charge in [-0.1, -0.05) is 144 Å². The molecule has 0 aliphatic carbocycles. The third-order valence-electron chi connectivity index (χ3n) is 8.34. The van der Waals surface area contributed by atoms with Gasteiger partial charge in [-0.05, 0) is 65.0 Å². The van der Waals surface area contributed by atoms with Gasteiger partial charge in [-0.15, -0.1) is 0 Å². The van der Waals surface area contributed by atoms with Crippen LogP contribution < -0.4 is 10.0 Å². The first-order valence-corrected chi connectivity index (χ1v) is 16.8. The van der Waals surface area contributed by atoms with Gasteiger partial charge in [0.15, 0.2) is 5.78 Å². The highest BCUT2D eigenvalue weighted by atomic mass is 31.1. The number of hydrogen-bond donors (Lipinski definition) is 0. The number of carbonyl (C=O) groups is 1. The summed E-state index contributed by atoms with van der Waals surface area (Å²) < 4.78 is 21.2. The molecule has 2 unspecified atom stereocenters. The van der Waals surface area contributed by atoms with Crippen LogP contribution in [0.4, 0.5) is 4.39 Å². The second kappa shape index (κ2) is 15.3. The van der Waals surface area contributed by atoms with Gasteiger partial charge in [0.05, 0.1) is 0 Å². The van der Waals surface area contributed by atoms with Gasteiger partial charge in [-0.25, -0.2) is 4.39 Å². The van der Waals surface area contributed by atoms with Crippen LogP contribution in [0.3, 0.4) is 0 Å². The third kappa shape index (κ3) is 8.56. The maximum Gasteiger partial charge on any atom is 0.160 e. The summed E-state index contributed by atoms with van der Waals surface area (Å²) in [4.78, 5) is 12.7. The standard InChI is InChI=1S/C41H42FO2P/c1-4-5-23-41(3,45-39-22-21-36(42)28-37(39)30(2)43)38-27-34(24-31-15-9-6-10-16-31)26-35(25-32-17-11-7-12-18-32)40(38)44-29-33-19-13-8-14-20-33/h6-22,26-28,45H,4-5,23-25,29H2,1-3H3. The summed E-state index contributed by atoms with van der Waals surface area (Å²) in [6.45, 7) is 6.49. The van der Waals surface area contributed by atoms with E-state index in [9.17, 15) is 9.18 Å². The van der Waals surface area contributed by atoms with Crippen LogP contribution in [0.25, 0.3) is 0 Å². The van der Waals surface area contributed by atoms with E-state index in [4.69, 9.17) is 4.74 Å². The molecule has 5 aromatic carbocycles. The number of halogens is 1. The zero-order valence-corrected chi connectivity index (χ0v) is 27.5. The van der Waals surface area contributed by atoms with Gasteiger partial charge in [-0.2, -0.15) is 0 Å². The molecular weight excluding hydrogens is 574 g/mol. The number of unbranched alkanes of at least 4 members (excludes halogenated alkanes) is 1. The lowest BCUT2D eigenvalue weighted by Gasteiger charge is -2.34. The Morgan fingerprint density at radius 3 is 1.96 bits per heavy atom. The molecule has 5 aromatic rings. The lowest BCUT2D eigenvalue weighted by Crippen LogP contribution is -2.24. The highest BCUT2D eigenvalue weighted by Crippen LogP contribution is 2.50. The van der Waals surface area contributed by atoms with Crippen molar-refractivity contribution < 1.29 is 13.9 Å². The maximum atomic E-state index is 14.3. The molecule has 0 radical (unpaired) electrons. The van der Waals surface area contributed by atoms with Crippen LogP contribution in [-0.4, -0.2) is 5.78 Å². The molecule has 2 nitrogen and oxygen atoms in total. The first kappa shape index (κ1) is 32.3. The van der Waals surface area contributed by atoms with Crippen molar-refractivity contribution in [3.63, 3.8) is 0 Å². The molecule has 0 saturated carbocycles. The summed E-state index contributed by atoms with van der Waals surface area (Å²) >= 11 is 0. The molecule has 45 heavy (non-hydrogen) atoms. The summed E-state index contributed by atoms with van der Waals surface area (Å²) in [5.74, 6) is 0.418. The molecule has 0 aliphatic rings. The first-order valence-electron chi connectivity index (χ1n) is 15.8. The van der Waals surface area contributed by atoms with Crippen molar-refractivity contribution in [2.24, 2.45) is 0 Å². The van der Waals surface area contributed by atoms with Crippen LogP contribution in [-0.2, 0) is 24.6 Å². The van der Waals surface area contributed by atoms with E-state index in [-0.39, 0.29) is 25.3 Å². The molecule has 4 heteroatoms. The van der Waals surface area contributed by atoms with Crippen LogP contribution in [0.15, 0.2) is 121 Å². The van der Waals surface area contributed by atoms with Crippen LogP contribution in [0.1, 0.15) is 83.8 Å².